The lowest BCUT2D eigenvalue weighted by Crippen LogP contribution is -2.23. The molecule has 7 nitrogen and oxygen atoms in total. The Morgan fingerprint density at radius 3 is 2.43 bits per heavy atom. The van der Waals surface area contributed by atoms with Gasteiger partial charge in [0, 0.05) is 5.02 Å². The van der Waals surface area contributed by atoms with Gasteiger partial charge in [-0.15, -0.1) is 10.2 Å². The molecule has 0 fully saturated rings. The minimum Gasteiger partial charge on any atom is -0.494 e. The van der Waals surface area contributed by atoms with Crippen molar-refractivity contribution in [1.29, 1.82) is 0 Å². The van der Waals surface area contributed by atoms with Crippen LogP contribution in [0.5, 0.6) is 11.5 Å². The van der Waals surface area contributed by atoms with Gasteiger partial charge in [0.1, 0.15) is 18.1 Å². The van der Waals surface area contributed by atoms with Crippen LogP contribution in [-0.4, -0.2) is 32.5 Å². The molecule has 0 aliphatic carbocycles. The zero-order valence-corrected chi connectivity index (χ0v) is 18.5. The van der Waals surface area contributed by atoms with Crippen molar-refractivity contribution in [3.63, 3.8) is 0 Å². The van der Waals surface area contributed by atoms with Gasteiger partial charge in [0.15, 0.2) is 11.0 Å². The fourth-order valence-electron chi connectivity index (χ4n) is 2.61. The second kappa shape index (κ2) is 9.86. The number of ether oxygens (including phenoxy) is 2. The third-order valence-electron chi connectivity index (χ3n) is 4.30. The number of rotatable bonds is 9. The maximum absolute atomic E-state index is 11.5. The number of hydrogen-bond donors (Lipinski definition) is 1. The number of hydrogen-bond acceptors (Lipinski definition) is 6. The first kappa shape index (κ1) is 22.0. The predicted octanol–water partition coefficient (Wildman–Crippen LogP) is 4.17. The van der Waals surface area contributed by atoms with Crippen LogP contribution in [0, 0.1) is 6.92 Å². The van der Waals surface area contributed by atoms with Crippen LogP contribution in [0.2, 0.25) is 5.02 Å². The normalized spacial score (nSPS) is 11.9. The van der Waals surface area contributed by atoms with E-state index in [1.165, 1.54) is 11.8 Å². The molecular weight excluding hydrogens is 424 g/mol. The zero-order chi connectivity index (χ0) is 21.7. The van der Waals surface area contributed by atoms with Gasteiger partial charge >= 0.3 is 0 Å². The van der Waals surface area contributed by atoms with Crippen molar-refractivity contribution >= 4 is 29.3 Å². The van der Waals surface area contributed by atoms with Gasteiger partial charge in [-0.1, -0.05) is 29.4 Å². The average molecular weight is 447 g/mol. The summed E-state index contributed by atoms with van der Waals surface area (Å²) in [6, 6.07) is 13.0. The largest absolute Gasteiger partial charge is 0.494 e. The summed E-state index contributed by atoms with van der Waals surface area (Å²) < 4.78 is 13.2. The van der Waals surface area contributed by atoms with Crippen molar-refractivity contribution in [2.24, 2.45) is 5.73 Å². The molecule has 158 valence electrons. The van der Waals surface area contributed by atoms with Gasteiger partial charge in [-0.05, 0) is 62.7 Å². The highest BCUT2D eigenvalue weighted by Crippen LogP contribution is 2.28. The van der Waals surface area contributed by atoms with E-state index in [0.29, 0.717) is 28.4 Å². The SMILES string of the molecule is CCOc1ccc(OCc2nnc(SC(C)C(N)=O)n2-c2ccc(C)c(Cl)c2)cc1. The number of thioether (sulfide) groups is 1. The molecule has 0 spiro atoms. The summed E-state index contributed by atoms with van der Waals surface area (Å²) in [6.45, 7) is 6.37. The molecule has 1 aromatic heterocycles. The molecule has 3 aromatic rings. The summed E-state index contributed by atoms with van der Waals surface area (Å²) in [5.41, 5.74) is 7.15. The Balaban J connectivity index is 1.88. The minimum atomic E-state index is -0.464. The van der Waals surface area contributed by atoms with Gasteiger partial charge < -0.3 is 15.2 Å². The average Bonchev–Trinajstić information content (AvgIpc) is 3.12. The molecule has 0 bridgehead atoms. The van der Waals surface area contributed by atoms with Gasteiger partial charge in [0.25, 0.3) is 0 Å². The van der Waals surface area contributed by atoms with Crippen LogP contribution in [0.3, 0.4) is 0 Å². The van der Waals surface area contributed by atoms with Gasteiger partial charge in [-0.25, -0.2) is 0 Å². The monoisotopic (exact) mass is 446 g/mol. The number of aryl methyl sites for hydroxylation is 1. The molecule has 0 saturated carbocycles. The molecule has 3 rings (SSSR count). The van der Waals surface area contributed by atoms with E-state index >= 15 is 0 Å². The smallest absolute Gasteiger partial charge is 0.230 e. The summed E-state index contributed by atoms with van der Waals surface area (Å²) in [5.74, 6) is 1.60. The van der Waals surface area contributed by atoms with Crippen LogP contribution in [0.1, 0.15) is 25.2 Å². The molecule has 1 heterocycles. The number of aromatic nitrogens is 3. The highest BCUT2D eigenvalue weighted by molar-refractivity contribution is 8.00. The second-order valence-electron chi connectivity index (χ2n) is 6.52. The van der Waals surface area contributed by atoms with E-state index in [9.17, 15) is 4.79 Å². The maximum atomic E-state index is 11.5. The number of nitrogens with two attached hydrogens (primary N) is 1. The Labute approximate surface area is 184 Å². The number of carbonyl (C=O) groups is 1. The standard InChI is InChI=1S/C21H23ClN4O3S/c1-4-28-16-7-9-17(10-8-16)29-12-19-24-25-21(30-14(3)20(23)27)26(19)15-6-5-13(2)18(22)11-15/h5-11,14H,4,12H2,1-3H3,(H2,23,27). The fraction of sp³-hybridized carbons (Fsp3) is 0.286. The van der Waals surface area contributed by atoms with E-state index in [0.717, 1.165) is 17.0 Å². The molecule has 0 aliphatic rings. The Morgan fingerprint density at radius 1 is 1.17 bits per heavy atom. The van der Waals surface area contributed by atoms with Crippen LogP contribution in [-0.2, 0) is 11.4 Å². The summed E-state index contributed by atoms with van der Waals surface area (Å²) in [7, 11) is 0. The number of benzene rings is 2. The summed E-state index contributed by atoms with van der Waals surface area (Å²) in [6.07, 6.45) is 0. The number of carbonyl (C=O) groups excluding carboxylic acids is 1. The van der Waals surface area contributed by atoms with Gasteiger partial charge in [-0.3, -0.25) is 9.36 Å². The van der Waals surface area contributed by atoms with E-state index in [4.69, 9.17) is 26.8 Å². The molecule has 30 heavy (non-hydrogen) atoms. The van der Waals surface area contributed by atoms with Gasteiger partial charge in [0.05, 0.1) is 17.5 Å². The van der Waals surface area contributed by atoms with E-state index < -0.39 is 11.2 Å². The van der Waals surface area contributed by atoms with Gasteiger partial charge in [0.2, 0.25) is 5.91 Å². The molecule has 1 unspecified atom stereocenters. The summed E-state index contributed by atoms with van der Waals surface area (Å²) in [4.78, 5) is 11.5. The molecule has 0 aliphatic heterocycles. The lowest BCUT2D eigenvalue weighted by Gasteiger charge is -2.13. The van der Waals surface area contributed by atoms with Crippen molar-refractivity contribution in [1.82, 2.24) is 14.8 Å². The van der Waals surface area contributed by atoms with Crippen molar-refractivity contribution < 1.29 is 14.3 Å². The molecule has 0 saturated heterocycles. The molecule has 1 amide bonds. The molecule has 2 N–H and O–H groups in total. The van der Waals surface area contributed by atoms with E-state index in [2.05, 4.69) is 10.2 Å². The van der Waals surface area contributed by atoms with Crippen LogP contribution >= 0.6 is 23.4 Å². The lowest BCUT2D eigenvalue weighted by atomic mass is 10.2. The van der Waals surface area contributed by atoms with Crippen molar-refractivity contribution in [3.05, 3.63) is 58.9 Å². The summed E-state index contributed by atoms with van der Waals surface area (Å²) in [5, 5.41) is 9.20. The third-order valence-corrected chi connectivity index (χ3v) is 5.77. The maximum Gasteiger partial charge on any atom is 0.230 e. The molecule has 1 atom stereocenters. The highest BCUT2D eigenvalue weighted by Gasteiger charge is 2.20. The molecule has 9 heteroatoms. The topological polar surface area (TPSA) is 92.3 Å². The third kappa shape index (κ3) is 5.25. The quantitative estimate of drug-likeness (QED) is 0.496. The summed E-state index contributed by atoms with van der Waals surface area (Å²) >= 11 is 7.56. The number of amides is 1. The Morgan fingerprint density at radius 2 is 1.83 bits per heavy atom. The van der Waals surface area contributed by atoms with Crippen LogP contribution in [0.4, 0.5) is 0 Å². The van der Waals surface area contributed by atoms with E-state index in [1.807, 2.05) is 60.9 Å². The first-order valence-corrected chi connectivity index (χ1v) is 10.7. The van der Waals surface area contributed by atoms with Crippen molar-refractivity contribution in [3.8, 4) is 17.2 Å². The van der Waals surface area contributed by atoms with Crippen LogP contribution < -0.4 is 15.2 Å². The van der Waals surface area contributed by atoms with Gasteiger partial charge in [-0.2, -0.15) is 0 Å². The van der Waals surface area contributed by atoms with Crippen molar-refractivity contribution in [2.75, 3.05) is 6.61 Å². The molecule has 2 aromatic carbocycles. The van der Waals surface area contributed by atoms with Crippen molar-refractivity contribution in [2.45, 2.75) is 37.8 Å². The number of halogens is 1. The van der Waals surface area contributed by atoms with E-state index in [1.54, 1.807) is 6.92 Å². The zero-order valence-electron chi connectivity index (χ0n) is 17.0. The number of nitrogens with zero attached hydrogens (tertiary/aromatic N) is 3. The Bertz CT molecular complexity index is 1020. The number of primary amides is 1. The lowest BCUT2D eigenvalue weighted by molar-refractivity contribution is -0.117. The molecular formula is C21H23ClN4O3S. The molecule has 0 radical (unpaired) electrons. The highest BCUT2D eigenvalue weighted by atomic mass is 35.5. The Hall–Kier alpha value is -2.71. The Kier molecular flexibility index (Phi) is 7.23. The van der Waals surface area contributed by atoms with Crippen LogP contribution in [0.15, 0.2) is 47.6 Å². The first-order chi connectivity index (χ1) is 14.4. The second-order valence-corrected chi connectivity index (χ2v) is 8.24. The van der Waals surface area contributed by atoms with Crippen LogP contribution in [0.25, 0.3) is 5.69 Å². The predicted molar refractivity (Wildman–Crippen MR) is 118 cm³/mol. The van der Waals surface area contributed by atoms with E-state index in [-0.39, 0.29) is 6.61 Å². The first-order valence-electron chi connectivity index (χ1n) is 9.41. The fourth-order valence-corrected chi connectivity index (χ4v) is 3.62. The minimum absolute atomic E-state index is 0.179.